The summed E-state index contributed by atoms with van der Waals surface area (Å²) >= 11 is 1.54. The van der Waals surface area contributed by atoms with E-state index in [4.69, 9.17) is 0 Å². The molecule has 0 aromatic carbocycles. The molecule has 0 aliphatic carbocycles. The quantitative estimate of drug-likeness (QED) is 0.932. The maximum Gasteiger partial charge on any atom is 0.309 e. The van der Waals surface area contributed by atoms with E-state index in [1.807, 2.05) is 13.0 Å². The number of amides is 1. The van der Waals surface area contributed by atoms with Crippen molar-refractivity contribution in [2.24, 2.45) is 5.41 Å². The first-order chi connectivity index (χ1) is 9.37. The molecule has 0 spiro atoms. The largest absolute Gasteiger partial charge is 0.481 e. The number of nitrogens with zero attached hydrogens (tertiary/aromatic N) is 1. The van der Waals surface area contributed by atoms with Crippen LogP contribution in [-0.2, 0) is 11.2 Å². The molecule has 5 heteroatoms. The molecule has 4 nitrogen and oxygen atoms in total. The smallest absolute Gasteiger partial charge is 0.309 e. The van der Waals surface area contributed by atoms with E-state index in [1.165, 1.54) is 21.8 Å². The van der Waals surface area contributed by atoms with Crippen LogP contribution in [0.2, 0.25) is 0 Å². The average molecular weight is 295 g/mol. The standard InChI is InChI=1S/C15H21NO3S/c1-4-11-9-12(20-10(11)2)13(17)16-7-5-15(3,6-8-16)14(18)19/h9H,4-8H2,1-3H3,(H,18,19). The molecule has 0 radical (unpaired) electrons. The molecule has 2 heterocycles. The van der Waals surface area contributed by atoms with Crippen LogP contribution in [0, 0.1) is 12.3 Å². The molecule has 1 N–H and O–H groups in total. The van der Waals surface area contributed by atoms with Gasteiger partial charge in [-0.3, -0.25) is 9.59 Å². The number of carbonyl (C=O) groups excluding carboxylic acids is 1. The highest BCUT2D eigenvalue weighted by atomic mass is 32.1. The summed E-state index contributed by atoms with van der Waals surface area (Å²) in [5.41, 5.74) is 0.544. The van der Waals surface area contributed by atoms with E-state index in [-0.39, 0.29) is 5.91 Å². The predicted octanol–water partition coefficient (Wildman–Crippen LogP) is 2.95. The zero-order valence-electron chi connectivity index (χ0n) is 12.2. The van der Waals surface area contributed by atoms with Gasteiger partial charge in [0.05, 0.1) is 10.3 Å². The lowest BCUT2D eigenvalue weighted by Crippen LogP contribution is -2.45. The van der Waals surface area contributed by atoms with Crippen LogP contribution in [-0.4, -0.2) is 35.0 Å². The van der Waals surface area contributed by atoms with E-state index >= 15 is 0 Å². The van der Waals surface area contributed by atoms with Crippen molar-refractivity contribution >= 4 is 23.2 Å². The zero-order chi connectivity index (χ0) is 14.9. The van der Waals surface area contributed by atoms with Crippen molar-refractivity contribution in [3.05, 3.63) is 21.4 Å². The molecule has 1 aromatic rings. The number of thiophene rings is 1. The summed E-state index contributed by atoms with van der Waals surface area (Å²) in [5.74, 6) is -0.713. The Balaban J connectivity index is 2.06. The van der Waals surface area contributed by atoms with E-state index in [9.17, 15) is 14.7 Å². The Bertz CT molecular complexity index is 527. The van der Waals surface area contributed by atoms with Gasteiger partial charge in [-0.25, -0.2) is 0 Å². The molecule has 20 heavy (non-hydrogen) atoms. The number of carboxylic acid groups (broad SMARTS) is 1. The predicted molar refractivity (Wildman–Crippen MR) is 79.3 cm³/mol. The lowest BCUT2D eigenvalue weighted by molar-refractivity contribution is -0.150. The van der Waals surface area contributed by atoms with Crippen LogP contribution in [0.15, 0.2) is 6.07 Å². The highest BCUT2D eigenvalue weighted by Crippen LogP contribution is 2.32. The van der Waals surface area contributed by atoms with Crippen molar-refractivity contribution in [3.63, 3.8) is 0 Å². The lowest BCUT2D eigenvalue weighted by Gasteiger charge is -2.36. The molecule has 0 saturated carbocycles. The van der Waals surface area contributed by atoms with Gasteiger partial charge in [0.15, 0.2) is 0 Å². The van der Waals surface area contributed by atoms with E-state index < -0.39 is 11.4 Å². The molecule has 110 valence electrons. The Morgan fingerprint density at radius 2 is 2.00 bits per heavy atom. The fraction of sp³-hybridized carbons (Fsp3) is 0.600. The number of carbonyl (C=O) groups is 2. The summed E-state index contributed by atoms with van der Waals surface area (Å²) in [4.78, 5) is 27.4. The van der Waals surface area contributed by atoms with Crippen molar-refractivity contribution in [2.45, 2.75) is 40.0 Å². The SMILES string of the molecule is CCc1cc(C(=O)N2CCC(C)(C(=O)O)CC2)sc1C. The Kier molecular flexibility index (Phi) is 4.18. The summed E-state index contributed by atoms with van der Waals surface area (Å²) in [7, 11) is 0. The highest BCUT2D eigenvalue weighted by molar-refractivity contribution is 7.14. The fourth-order valence-corrected chi connectivity index (χ4v) is 3.63. The third-order valence-corrected chi connectivity index (χ3v) is 5.36. The zero-order valence-corrected chi connectivity index (χ0v) is 13.0. The number of carboxylic acids is 1. The summed E-state index contributed by atoms with van der Waals surface area (Å²) < 4.78 is 0. The molecule has 1 amide bonds. The molecule has 1 aliphatic rings. The van der Waals surface area contributed by atoms with Gasteiger partial charge in [-0.1, -0.05) is 6.92 Å². The maximum absolute atomic E-state index is 12.5. The Labute approximate surface area is 123 Å². The van der Waals surface area contributed by atoms with Crippen molar-refractivity contribution in [3.8, 4) is 0 Å². The number of hydrogen-bond donors (Lipinski definition) is 1. The van der Waals surface area contributed by atoms with E-state index in [1.54, 1.807) is 11.8 Å². The van der Waals surface area contributed by atoms with Gasteiger partial charge in [0.25, 0.3) is 5.91 Å². The number of aryl methyl sites for hydroxylation is 2. The second-order valence-corrected chi connectivity index (χ2v) is 6.96. The molecule has 1 saturated heterocycles. The Morgan fingerprint density at radius 1 is 1.40 bits per heavy atom. The topological polar surface area (TPSA) is 57.6 Å². The van der Waals surface area contributed by atoms with Crippen LogP contribution < -0.4 is 0 Å². The van der Waals surface area contributed by atoms with Gasteiger partial charge >= 0.3 is 5.97 Å². The summed E-state index contributed by atoms with van der Waals surface area (Å²) in [6.07, 6.45) is 1.99. The summed E-state index contributed by atoms with van der Waals surface area (Å²) in [6.45, 7) is 6.95. The maximum atomic E-state index is 12.5. The number of aliphatic carboxylic acids is 1. The van der Waals surface area contributed by atoms with Gasteiger partial charge in [-0.05, 0) is 44.7 Å². The second kappa shape index (κ2) is 5.56. The van der Waals surface area contributed by atoms with Crippen LogP contribution in [0.1, 0.15) is 46.8 Å². The minimum atomic E-state index is -0.759. The van der Waals surface area contributed by atoms with Gasteiger partial charge in [-0.15, -0.1) is 11.3 Å². The normalized spacial score (nSPS) is 18.1. The van der Waals surface area contributed by atoms with Crippen molar-refractivity contribution < 1.29 is 14.7 Å². The van der Waals surface area contributed by atoms with E-state index in [0.29, 0.717) is 25.9 Å². The molecule has 2 rings (SSSR count). The van der Waals surface area contributed by atoms with Gasteiger partial charge in [0.1, 0.15) is 0 Å². The minimum Gasteiger partial charge on any atom is -0.481 e. The molecule has 1 fully saturated rings. The number of likely N-dealkylation sites (tertiary alicyclic amines) is 1. The van der Waals surface area contributed by atoms with Crippen LogP contribution in [0.3, 0.4) is 0 Å². The van der Waals surface area contributed by atoms with Crippen molar-refractivity contribution in [2.75, 3.05) is 13.1 Å². The van der Waals surface area contributed by atoms with Gasteiger partial charge in [0.2, 0.25) is 0 Å². The fourth-order valence-electron chi connectivity index (χ4n) is 2.55. The summed E-state index contributed by atoms with van der Waals surface area (Å²) in [5, 5.41) is 9.21. The molecule has 0 unspecified atom stereocenters. The van der Waals surface area contributed by atoms with E-state index in [2.05, 4.69) is 6.92 Å². The molecular weight excluding hydrogens is 274 g/mol. The molecule has 0 atom stereocenters. The monoisotopic (exact) mass is 295 g/mol. The molecule has 1 aliphatic heterocycles. The third-order valence-electron chi connectivity index (χ3n) is 4.28. The van der Waals surface area contributed by atoms with Crippen LogP contribution in [0.4, 0.5) is 0 Å². The van der Waals surface area contributed by atoms with Gasteiger partial charge in [-0.2, -0.15) is 0 Å². The molecular formula is C15H21NO3S. The van der Waals surface area contributed by atoms with Gasteiger partial charge in [0, 0.05) is 18.0 Å². The first-order valence-electron chi connectivity index (χ1n) is 6.99. The van der Waals surface area contributed by atoms with Crippen LogP contribution >= 0.6 is 11.3 Å². The van der Waals surface area contributed by atoms with Gasteiger partial charge < -0.3 is 10.0 Å². The van der Waals surface area contributed by atoms with Crippen molar-refractivity contribution in [1.82, 2.24) is 4.90 Å². The van der Waals surface area contributed by atoms with Crippen LogP contribution in [0.25, 0.3) is 0 Å². The first-order valence-corrected chi connectivity index (χ1v) is 7.81. The number of hydrogen-bond acceptors (Lipinski definition) is 3. The second-order valence-electron chi connectivity index (χ2n) is 5.70. The Hall–Kier alpha value is -1.36. The first kappa shape index (κ1) is 15.0. The Morgan fingerprint density at radius 3 is 2.45 bits per heavy atom. The molecule has 0 bridgehead atoms. The minimum absolute atomic E-state index is 0.0465. The van der Waals surface area contributed by atoms with Crippen LogP contribution in [0.5, 0.6) is 0 Å². The average Bonchev–Trinajstić information content (AvgIpc) is 2.80. The van der Waals surface area contributed by atoms with Crippen molar-refractivity contribution in [1.29, 1.82) is 0 Å². The summed E-state index contributed by atoms with van der Waals surface area (Å²) in [6, 6.07) is 1.98. The lowest BCUT2D eigenvalue weighted by atomic mass is 9.80. The third kappa shape index (κ3) is 2.73. The number of piperidine rings is 1. The van der Waals surface area contributed by atoms with E-state index in [0.717, 1.165) is 11.3 Å². The highest BCUT2D eigenvalue weighted by Gasteiger charge is 2.38. The number of rotatable bonds is 3. The molecule has 1 aromatic heterocycles.